The monoisotopic (exact) mass is 185 g/mol. The Balaban J connectivity index is 2.57. The van der Waals surface area contributed by atoms with Crippen molar-refractivity contribution in [3.05, 3.63) is 0 Å². The first-order valence-electron chi connectivity index (χ1n) is 4.88. The summed E-state index contributed by atoms with van der Waals surface area (Å²) in [5.41, 5.74) is -1.34. The summed E-state index contributed by atoms with van der Waals surface area (Å²) in [6, 6.07) is 0. The number of aliphatic hydroxyl groups is 1. The van der Waals surface area contributed by atoms with Gasteiger partial charge in [-0.2, -0.15) is 0 Å². The van der Waals surface area contributed by atoms with Gasteiger partial charge in [-0.15, -0.1) is 0 Å². The van der Waals surface area contributed by atoms with Crippen LogP contribution in [0, 0.1) is 0 Å². The van der Waals surface area contributed by atoms with Crippen LogP contribution in [0.15, 0.2) is 0 Å². The zero-order chi connectivity index (χ0) is 10.1. The average Bonchev–Trinajstić information content (AvgIpc) is 2.33. The summed E-state index contributed by atoms with van der Waals surface area (Å²) in [7, 11) is 0. The third-order valence-electron chi connectivity index (χ3n) is 2.34. The molecule has 3 nitrogen and oxygen atoms in total. The molecule has 0 aromatic carbocycles. The highest BCUT2D eigenvalue weighted by Gasteiger charge is 2.39. The molecule has 0 atom stereocenters. The molecule has 1 saturated carbocycles. The van der Waals surface area contributed by atoms with Crippen LogP contribution in [0.5, 0.6) is 0 Å². The molecule has 2 N–H and O–H groups in total. The maximum Gasteiger partial charge on any atom is 0.252 e. The lowest BCUT2D eigenvalue weighted by Gasteiger charge is -2.27. The second kappa shape index (κ2) is 3.29. The molecule has 1 aliphatic rings. The smallest absolute Gasteiger partial charge is 0.252 e. The number of hydrogen-bond donors (Lipinski definition) is 2. The van der Waals surface area contributed by atoms with Gasteiger partial charge in [0.2, 0.25) is 0 Å². The molecule has 0 aliphatic heterocycles. The second-order valence-corrected chi connectivity index (χ2v) is 4.94. The summed E-state index contributed by atoms with van der Waals surface area (Å²) < 4.78 is 0. The van der Waals surface area contributed by atoms with Crippen molar-refractivity contribution in [1.82, 2.24) is 5.32 Å². The number of carbonyl (C=O) groups is 1. The highest BCUT2D eigenvalue weighted by Crippen LogP contribution is 2.29. The molecule has 3 heteroatoms. The molecule has 76 valence electrons. The predicted octanol–water partition coefficient (Wildman–Crippen LogP) is 1.21. The maximum atomic E-state index is 11.6. The van der Waals surface area contributed by atoms with Gasteiger partial charge in [0.25, 0.3) is 5.91 Å². The minimum Gasteiger partial charge on any atom is -0.380 e. The van der Waals surface area contributed by atoms with E-state index in [9.17, 15) is 9.90 Å². The molecular weight excluding hydrogens is 166 g/mol. The zero-order valence-corrected chi connectivity index (χ0v) is 8.68. The van der Waals surface area contributed by atoms with Crippen LogP contribution in [0.25, 0.3) is 0 Å². The van der Waals surface area contributed by atoms with E-state index in [1.165, 1.54) is 0 Å². The van der Waals surface area contributed by atoms with Gasteiger partial charge < -0.3 is 10.4 Å². The van der Waals surface area contributed by atoms with E-state index in [-0.39, 0.29) is 11.4 Å². The van der Waals surface area contributed by atoms with Gasteiger partial charge in [0.1, 0.15) is 5.60 Å². The minimum atomic E-state index is -1.09. The fourth-order valence-corrected chi connectivity index (χ4v) is 1.64. The highest BCUT2D eigenvalue weighted by atomic mass is 16.3. The predicted molar refractivity (Wildman–Crippen MR) is 51.3 cm³/mol. The molecule has 0 heterocycles. The molecule has 0 radical (unpaired) electrons. The van der Waals surface area contributed by atoms with Crippen molar-refractivity contribution in [2.24, 2.45) is 0 Å². The second-order valence-electron chi connectivity index (χ2n) is 4.94. The summed E-state index contributed by atoms with van der Waals surface area (Å²) in [4.78, 5) is 11.6. The topological polar surface area (TPSA) is 49.3 Å². The van der Waals surface area contributed by atoms with E-state index in [0.717, 1.165) is 12.8 Å². The SMILES string of the molecule is CC(C)(C)NC(=O)C1(O)CCCC1. The molecule has 0 aromatic rings. The Morgan fingerprint density at radius 1 is 1.31 bits per heavy atom. The molecule has 0 saturated heterocycles. The Morgan fingerprint density at radius 2 is 1.77 bits per heavy atom. The van der Waals surface area contributed by atoms with Crippen LogP contribution in [0.2, 0.25) is 0 Å². The van der Waals surface area contributed by atoms with Gasteiger partial charge in [0.15, 0.2) is 0 Å². The third kappa shape index (κ3) is 2.69. The first-order chi connectivity index (χ1) is 5.83. The first kappa shape index (κ1) is 10.5. The summed E-state index contributed by atoms with van der Waals surface area (Å²) in [5.74, 6) is -0.211. The average molecular weight is 185 g/mol. The number of amides is 1. The Hall–Kier alpha value is -0.570. The lowest BCUT2D eigenvalue weighted by molar-refractivity contribution is -0.140. The van der Waals surface area contributed by atoms with Crippen molar-refractivity contribution in [2.45, 2.75) is 57.6 Å². The fourth-order valence-electron chi connectivity index (χ4n) is 1.64. The minimum absolute atomic E-state index is 0.211. The highest BCUT2D eigenvalue weighted by molar-refractivity contribution is 5.85. The van der Waals surface area contributed by atoms with Crippen molar-refractivity contribution in [1.29, 1.82) is 0 Å². The fraction of sp³-hybridized carbons (Fsp3) is 0.900. The van der Waals surface area contributed by atoms with Crippen LogP contribution in [-0.4, -0.2) is 22.2 Å². The molecule has 1 fully saturated rings. The summed E-state index contributed by atoms with van der Waals surface area (Å²) >= 11 is 0. The standard InChI is InChI=1S/C10H19NO2/c1-9(2,3)11-8(12)10(13)6-4-5-7-10/h13H,4-7H2,1-3H3,(H,11,12). The lowest BCUT2D eigenvalue weighted by atomic mass is 9.99. The van der Waals surface area contributed by atoms with Crippen molar-refractivity contribution >= 4 is 5.91 Å². The van der Waals surface area contributed by atoms with Crippen LogP contribution >= 0.6 is 0 Å². The van der Waals surface area contributed by atoms with Crippen LogP contribution < -0.4 is 5.32 Å². The van der Waals surface area contributed by atoms with Crippen LogP contribution in [0.3, 0.4) is 0 Å². The van der Waals surface area contributed by atoms with Gasteiger partial charge in [-0.25, -0.2) is 0 Å². The van der Waals surface area contributed by atoms with Gasteiger partial charge in [0.05, 0.1) is 0 Å². The Labute approximate surface area is 79.5 Å². The molecule has 1 rings (SSSR count). The van der Waals surface area contributed by atoms with Gasteiger partial charge >= 0.3 is 0 Å². The van der Waals surface area contributed by atoms with E-state index < -0.39 is 5.60 Å². The van der Waals surface area contributed by atoms with Crippen LogP contribution in [-0.2, 0) is 4.79 Å². The number of nitrogens with one attached hydrogen (secondary N) is 1. The largest absolute Gasteiger partial charge is 0.380 e. The normalized spacial score (nSPS) is 21.5. The number of hydrogen-bond acceptors (Lipinski definition) is 2. The number of carbonyl (C=O) groups excluding carboxylic acids is 1. The molecule has 0 aromatic heterocycles. The molecule has 0 unspecified atom stereocenters. The quantitative estimate of drug-likeness (QED) is 0.645. The molecule has 13 heavy (non-hydrogen) atoms. The molecule has 0 bridgehead atoms. The molecule has 0 spiro atoms. The van der Waals surface area contributed by atoms with Gasteiger partial charge in [0, 0.05) is 5.54 Å². The summed E-state index contributed by atoms with van der Waals surface area (Å²) in [6.07, 6.45) is 3.12. The first-order valence-corrected chi connectivity index (χ1v) is 4.88. The molecule has 1 amide bonds. The Bertz CT molecular complexity index is 199. The molecular formula is C10H19NO2. The number of rotatable bonds is 1. The summed E-state index contributed by atoms with van der Waals surface area (Å²) in [6.45, 7) is 5.76. The lowest BCUT2D eigenvalue weighted by Crippen LogP contribution is -2.51. The zero-order valence-electron chi connectivity index (χ0n) is 8.68. The van der Waals surface area contributed by atoms with E-state index in [0.29, 0.717) is 12.8 Å². The third-order valence-corrected chi connectivity index (χ3v) is 2.34. The van der Waals surface area contributed by atoms with Crippen LogP contribution in [0.1, 0.15) is 46.5 Å². The Kier molecular flexibility index (Phi) is 2.66. The van der Waals surface area contributed by atoms with E-state index in [1.54, 1.807) is 0 Å². The van der Waals surface area contributed by atoms with Crippen LogP contribution in [0.4, 0.5) is 0 Å². The van der Waals surface area contributed by atoms with Crippen molar-refractivity contribution in [3.63, 3.8) is 0 Å². The van der Waals surface area contributed by atoms with E-state index >= 15 is 0 Å². The van der Waals surface area contributed by atoms with Crippen molar-refractivity contribution in [2.75, 3.05) is 0 Å². The van der Waals surface area contributed by atoms with E-state index in [2.05, 4.69) is 5.32 Å². The molecule has 1 aliphatic carbocycles. The van der Waals surface area contributed by atoms with Gasteiger partial charge in [-0.3, -0.25) is 4.79 Å². The van der Waals surface area contributed by atoms with E-state index in [1.807, 2.05) is 20.8 Å². The van der Waals surface area contributed by atoms with E-state index in [4.69, 9.17) is 0 Å². The van der Waals surface area contributed by atoms with Gasteiger partial charge in [-0.05, 0) is 46.5 Å². The maximum absolute atomic E-state index is 11.6. The Morgan fingerprint density at radius 3 is 2.15 bits per heavy atom. The summed E-state index contributed by atoms with van der Waals surface area (Å²) in [5, 5.41) is 12.7. The van der Waals surface area contributed by atoms with Crippen molar-refractivity contribution < 1.29 is 9.90 Å². The van der Waals surface area contributed by atoms with Crippen molar-refractivity contribution in [3.8, 4) is 0 Å². The van der Waals surface area contributed by atoms with Gasteiger partial charge in [-0.1, -0.05) is 0 Å².